The van der Waals surface area contributed by atoms with Gasteiger partial charge in [0.2, 0.25) is 0 Å². The maximum Gasteiger partial charge on any atom is 0.348 e. The Balaban J connectivity index is 1.44. The van der Waals surface area contributed by atoms with Crippen LogP contribution in [0.3, 0.4) is 0 Å². The molecule has 0 amide bonds. The molecule has 5 atom stereocenters. The summed E-state index contributed by atoms with van der Waals surface area (Å²) in [4.78, 5) is 24.1. The van der Waals surface area contributed by atoms with Gasteiger partial charge in [0.1, 0.15) is 58.8 Å². The molecule has 12 nitrogen and oxygen atoms in total. The zero-order valence-corrected chi connectivity index (χ0v) is 24.4. The molecular weight excluding hydrogens is 576 g/mol. The van der Waals surface area contributed by atoms with E-state index in [4.69, 9.17) is 23.0 Å². The van der Waals surface area contributed by atoms with Gasteiger partial charge in [0.25, 0.3) is 0 Å². The van der Waals surface area contributed by atoms with Crippen molar-refractivity contribution >= 4 is 39.2 Å². The predicted octanol–water partition coefficient (Wildman–Crippen LogP) is 2.40. The van der Waals surface area contributed by atoms with Crippen molar-refractivity contribution in [1.29, 1.82) is 0 Å². The lowest BCUT2D eigenvalue weighted by Gasteiger charge is -2.39. The number of carbonyl (C=O) groups is 1. The minimum Gasteiger partial charge on any atom is -0.508 e. The van der Waals surface area contributed by atoms with E-state index in [9.17, 15) is 35.1 Å². The zero-order chi connectivity index (χ0) is 31.7. The first-order valence-corrected chi connectivity index (χ1v) is 14.0. The molecule has 0 bridgehead atoms. The topological polar surface area (TPSA) is 189 Å². The Labute approximate surface area is 251 Å². The van der Waals surface area contributed by atoms with Crippen molar-refractivity contribution in [2.45, 2.75) is 57.4 Å². The molecule has 4 aromatic rings. The van der Waals surface area contributed by atoms with E-state index < -0.39 is 42.9 Å². The largest absolute Gasteiger partial charge is 0.508 e. The SMILES string of the molecule is COc1cc2oc3c4cc(C/C=C(\C)CO[C@@H]5O[C@H](CO)[C@@H](O)[C@H](O)[C@H]5O)c(O)cc4oc(=O)c3c2cc1C/C=C(/C)C=O. The van der Waals surface area contributed by atoms with Crippen LogP contribution in [0.5, 0.6) is 11.5 Å². The Morgan fingerprint density at radius 3 is 2.34 bits per heavy atom. The molecular formula is C32H34O12. The van der Waals surface area contributed by atoms with E-state index in [-0.39, 0.29) is 35.3 Å². The van der Waals surface area contributed by atoms with E-state index in [1.165, 1.54) is 13.2 Å². The van der Waals surface area contributed by atoms with Gasteiger partial charge in [-0.2, -0.15) is 0 Å². The molecule has 0 saturated carbocycles. The second-order valence-corrected chi connectivity index (χ2v) is 10.9. The molecule has 0 spiro atoms. The molecule has 1 saturated heterocycles. The Hall–Kier alpha value is -4.04. The first kappa shape index (κ1) is 31.4. The summed E-state index contributed by atoms with van der Waals surface area (Å²) in [6.07, 6.45) is -1.93. The van der Waals surface area contributed by atoms with Crippen molar-refractivity contribution in [3.8, 4) is 11.5 Å². The van der Waals surface area contributed by atoms with Gasteiger partial charge in [-0.05, 0) is 55.5 Å². The maximum atomic E-state index is 13.1. The van der Waals surface area contributed by atoms with Crippen LogP contribution in [0.1, 0.15) is 25.0 Å². The molecule has 1 aliphatic heterocycles. The maximum absolute atomic E-state index is 13.1. The molecule has 5 N–H and O–H groups in total. The molecule has 12 heteroatoms. The van der Waals surface area contributed by atoms with Crippen molar-refractivity contribution in [2.24, 2.45) is 0 Å². The van der Waals surface area contributed by atoms with Gasteiger partial charge in [-0.1, -0.05) is 17.7 Å². The van der Waals surface area contributed by atoms with Crippen LogP contribution in [-0.2, 0) is 27.1 Å². The van der Waals surface area contributed by atoms with Crippen LogP contribution in [0.4, 0.5) is 0 Å². The number of rotatable bonds is 10. The molecule has 5 rings (SSSR count). The number of hydrogen-bond donors (Lipinski definition) is 5. The molecule has 3 heterocycles. The minimum absolute atomic E-state index is 0.00848. The van der Waals surface area contributed by atoms with Crippen molar-refractivity contribution < 1.29 is 53.4 Å². The van der Waals surface area contributed by atoms with Crippen LogP contribution < -0.4 is 10.4 Å². The molecule has 1 aliphatic rings. The smallest absolute Gasteiger partial charge is 0.348 e. The third kappa shape index (κ3) is 6.00. The monoisotopic (exact) mass is 610 g/mol. The molecule has 44 heavy (non-hydrogen) atoms. The van der Waals surface area contributed by atoms with E-state index >= 15 is 0 Å². The second kappa shape index (κ2) is 12.9. The number of furan rings is 1. The van der Waals surface area contributed by atoms with Crippen LogP contribution in [0.2, 0.25) is 0 Å². The number of aliphatic hydroxyl groups is 4. The van der Waals surface area contributed by atoms with Crippen LogP contribution in [0, 0.1) is 0 Å². The van der Waals surface area contributed by atoms with Gasteiger partial charge in [0, 0.05) is 17.5 Å². The fraction of sp³-hybridized carbons (Fsp3) is 0.375. The van der Waals surface area contributed by atoms with Crippen LogP contribution in [0.15, 0.2) is 61.2 Å². The summed E-state index contributed by atoms with van der Waals surface area (Å²) in [6, 6.07) is 6.49. The van der Waals surface area contributed by atoms with E-state index in [1.807, 2.05) is 0 Å². The third-order valence-electron chi connectivity index (χ3n) is 7.75. The summed E-state index contributed by atoms with van der Waals surface area (Å²) >= 11 is 0. The average molecular weight is 611 g/mol. The van der Waals surface area contributed by atoms with Gasteiger partial charge in [-0.15, -0.1) is 0 Å². The lowest BCUT2D eigenvalue weighted by molar-refractivity contribution is -0.299. The number of methoxy groups -OCH3 is 1. The summed E-state index contributed by atoms with van der Waals surface area (Å²) in [5.74, 6) is 0.432. The lowest BCUT2D eigenvalue weighted by atomic mass is 9.99. The summed E-state index contributed by atoms with van der Waals surface area (Å²) in [6.45, 7) is 2.89. The highest BCUT2D eigenvalue weighted by Crippen LogP contribution is 2.37. The second-order valence-electron chi connectivity index (χ2n) is 10.9. The highest BCUT2D eigenvalue weighted by atomic mass is 16.7. The Morgan fingerprint density at radius 2 is 1.64 bits per heavy atom. The number of aldehydes is 1. The van der Waals surface area contributed by atoms with Gasteiger partial charge >= 0.3 is 5.63 Å². The summed E-state index contributed by atoms with van der Waals surface area (Å²) in [5.41, 5.74) is 2.74. The van der Waals surface area contributed by atoms with E-state index in [1.54, 1.807) is 44.2 Å². The van der Waals surface area contributed by atoms with E-state index in [0.29, 0.717) is 45.2 Å². The number of benzene rings is 2. The zero-order valence-electron chi connectivity index (χ0n) is 24.4. The highest BCUT2D eigenvalue weighted by Gasteiger charge is 2.44. The predicted molar refractivity (Wildman–Crippen MR) is 159 cm³/mol. The average Bonchev–Trinajstić information content (AvgIpc) is 3.39. The molecule has 0 radical (unpaired) electrons. The Morgan fingerprint density at radius 1 is 0.932 bits per heavy atom. The molecule has 234 valence electrons. The number of fused-ring (bicyclic) bond motifs is 5. The Bertz CT molecular complexity index is 1810. The van der Waals surface area contributed by atoms with Gasteiger partial charge in [-0.3, -0.25) is 4.79 Å². The van der Waals surface area contributed by atoms with Gasteiger partial charge in [-0.25, -0.2) is 4.79 Å². The summed E-state index contributed by atoms with van der Waals surface area (Å²) < 4.78 is 28.2. The van der Waals surface area contributed by atoms with Crippen LogP contribution in [-0.4, -0.2) is 82.8 Å². The van der Waals surface area contributed by atoms with Crippen LogP contribution in [0.25, 0.3) is 32.9 Å². The molecule has 1 fully saturated rings. The number of aliphatic hydroxyl groups excluding tert-OH is 4. The van der Waals surface area contributed by atoms with Gasteiger partial charge < -0.3 is 48.6 Å². The molecule has 0 unspecified atom stereocenters. The standard InChI is InChI=1S/C32H34O12/c1-15(12-33)4-7-18-9-19-24(11-22(18)40-3)42-30-20-8-17(21(35)10-23(20)43-31(39)26(19)30)6-5-16(2)14-41-32-29(38)28(37)27(36)25(13-34)44-32/h4-5,8-12,25,27-29,32,34-38H,6-7,13-14H2,1-3H3/b15-4-,16-5+/t25-,27-,28+,29-,32-/m1/s1. The number of ether oxygens (including phenoxy) is 3. The number of hydrogen-bond acceptors (Lipinski definition) is 12. The van der Waals surface area contributed by atoms with Gasteiger partial charge in [0.15, 0.2) is 11.9 Å². The van der Waals surface area contributed by atoms with Gasteiger partial charge in [0.05, 0.1) is 25.7 Å². The fourth-order valence-corrected chi connectivity index (χ4v) is 5.18. The minimum atomic E-state index is -1.55. The first-order chi connectivity index (χ1) is 21.1. The van der Waals surface area contributed by atoms with Crippen LogP contribution >= 0.6 is 0 Å². The highest BCUT2D eigenvalue weighted by molar-refractivity contribution is 6.13. The molecule has 0 aliphatic carbocycles. The summed E-state index contributed by atoms with van der Waals surface area (Å²) in [5, 5.41) is 51.4. The Kier molecular flexibility index (Phi) is 9.20. The van der Waals surface area contributed by atoms with Crippen molar-refractivity contribution in [3.63, 3.8) is 0 Å². The number of phenolic OH excluding ortho intramolecular Hbond substituents is 1. The quantitative estimate of drug-likeness (QED) is 0.0764. The fourth-order valence-electron chi connectivity index (χ4n) is 5.18. The van der Waals surface area contributed by atoms with E-state index in [2.05, 4.69) is 0 Å². The van der Waals surface area contributed by atoms with Crippen molar-refractivity contribution in [3.05, 3.63) is 69.1 Å². The third-order valence-corrected chi connectivity index (χ3v) is 7.75. The number of carbonyl (C=O) groups excluding carboxylic acids is 1. The van der Waals surface area contributed by atoms with Crippen molar-refractivity contribution in [1.82, 2.24) is 0 Å². The lowest BCUT2D eigenvalue weighted by Crippen LogP contribution is -2.59. The normalized spacial score (nSPS) is 23.1. The number of aromatic hydroxyl groups is 1. The van der Waals surface area contributed by atoms with E-state index in [0.717, 1.165) is 11.8 Å². The summed E-state index contributed by atoms with van der Waals surface area (Å²) in [7, 11) is 1.52. The molecule has 2 aromatic carbocycles. The number of allylic oxidation sites excluding steroid dienone is 3. The van der Waals surface area contributed by atoms with Crippen molar-refractivity contribution in [2.75, 3.05) is 20.3 Å². The number of phenols is 1. The molecule has 2 aromatic heterocycles. The first-order valence-electron chi connectivity index (χ1n) is 14.0.